The molecule has 4 nitrogen and oxygen atoms in total. The van der Waals surface area contributed by atoms with Gasteiger partial charge in [0.05, 0.1) is 0 Å². The summed E-state index contributed by atoms with van der Waals surface area (Å²) in [6, 6.07) is 4.78. The first-order chi connectivity index (χ1) is 9.43. The first-order valence-corrected chi connectivity index (χ1v) is 6.81. The van der Waals surface area contributed by atoms with Gasteiger partial charge in [0.1, 0.15) is 0 Å². The zero-order valence-corrected chi connectivity index (χ0v) is 12.5. The molecule has 2 N–H and O–H groups in total. The summed E-state index contributed by atoms with van der Waals surface area (Å²) in [5.74, 6) is -0.0961. The van der Waals surface area contributed by atoms with Crippen molar-refractivity contribution in [3.63, 3.8) is 0 Å². The van der Waals surface area contributed by atoms with Crippen LogP contribution in [-0.2, 0) is 11.3 Å². The van der Waals surface area contributed by atoms with Crippen molar-refractivity contribution >= 4 is 5.91 Å². The van der Waals surface area contributed by atoms with Crippen LogP contribution in [0.15, 0.2) is 18.2 Å². The van der Waals surface area contributed by atoms with Crippen LogP contribution in [0.2, 0.25) is 0 Å². The molecular formula is C15H23FN2O2. The van der Waals surface area contributed by atoms with Crippen LogP contribution in [0, 0.1) is 11.7 Å². The Morgan fingerprint density at radius 3 is 2.60 bits per heavy atom. The van der Waals surface area contributed by atoms with Gasteiger partial charge in [0.15, 0.2) is 17.7 Å². The lowest BCUT2D eigenvalue weighted by Gasteiger charge is -2.14. The van der Waals surface area contributed by atoms with E-state index in [9.17, 15) is 9.18 Å². The van der Waals surface area contributed by atoms with E-state index in [2.05, 4.69) is 24.5 Å². The van der Waals surface area contributed by atoms with Gasteiger partial charge in [-0.05, 0) is 37.1 Å². The van der Waals surface area contributed by atoms with Crippen molar-refractivity contribution in [2.24, 2.45) is 5.92 Å². The maximum absolute atomic E-state index is 13.9. The Bertz CT molecular complexity index is 449. The molecule has 1 atom stereocenters. The SMILES string of the molecule is CNC(=O)C(C)Oc1ccc(CNCC(C)C)cc1F. The fraction of sp³-hybridized carbons (Fsp3) is 0.533. The van der Waals surface area contributed by atoms with Gasteiger partial charge in [-0.15, -0.1) is 0 Å². The number of carbonyl (C=O) groups excluding carboxylic acids is 1. The molecule has 0 aromatic heterocycles. The van der Waals surface area contributed by atoms with E-state index in [0.29, 0.717) is 12.5 Å². The van der Waals surface area contributed by atoms with Crippen LogP contribution in [0.3, 0.4) is 0 Å². The highest BCUT2D eigenvalue weighted by molar-refractivity contribution is 5.80. The van der Waals surface area contributed by atoms with E-state index in [1.807, 2.05) is 0 Å². The van der Waals surface area contributed by atoms with E-state index in [1.54, 1.807) is 19.1 Å². The number of amides is 1. The van der Waals surface area contributed by atoms with Crippen LogP contribution in [0.25, 0.3) is 0 Å². The Hall–Kier alpha value is -1.62. The number of benzene rings is 1. The largest absolute Gasteiger partial charge is 0.478 e. The van der Waals surface area contributed by atoms with Crippen molar-refractivity contribution in [2.75, 3.05) is 13.6 Å². The Balaban J connectivity index is 2.61. The summed E-state index contributed by atoms with van der Waals surface area (Å²) in [4.78, 5) is 11.3. The second-order valence-electron chi connectivity index (χ2n) is 5.16. The molecular weight excluding hydrogens is 259 g/mol. The quantitative estimate of drug-likeness (QED) is 0.805. The van der Waals surface area contributed by atoms with Gasteiger partial charge in [0, 0.05) is 13.6 Å². The predicted molar refractivity (Wildman–Crippen MR) is 77.1 cm³/mol. The summed E-state index contributed by atoms with van der Waals surface area (Å²) in [5, 5.41) is 5.70. The zero-order valence-electron chi connectivity index (χ0n) is 12.5. The van der Waals surface area contributed by atoms with Crippen LogP contribution in [0.4, 0.5) is 4.39 Å². The molecule has 0 bridgehead atoms. The zero-order chi connectivity index (χ0) is 15.1. The third-order valence-corrected chi connectivity index (χ3v) is 2.80. The molecule has 1 rings (SSSR count). The smallest absolute Gasteiger partial charge is 0.260 e. The number of carbonyl (C=O) groups is 1. The second-order valence-corrected chi connectivity index (χ2v) is 5.16. The van der Waals surface area contributed by atoms with Crippen molar-refractivity contribution in [3.05, 3.63) is 29.6 Å². The number of nitrogens with one attached hydrogen (secondary N) is 2. The van der Waals surface area contributed by atoms with Gasteiger partial charge in [-0.25, -0.2) is 4.39 Å². The van der Waals surface area contributed by atoms with Crippen molar-refractivity contribution in [1.82, 2.24) is 10.6 Å². The fourth-order valence-electron chi connectivity index (χ4n) is 1.70. The molecule has 0 radical (unpaired) electrons. The summed E-state index contributed by atoms with van der Waals surface area (Å²) in [5.41, 5.74) is 0.850. The summed E-state index contributed by atoms with van der Waals surface area (Å²) >= 11 is 0. The van der Waals surface area contributed by atoms with E-state index in [-0.39, 0.29) is 11.7 Å². The molecule has 0 fully saturated rings. The average molecular weight is 282 g/mol. The minimum absolute atomic E-state index is 0.0914. The second kappa shape index (κ2) is 7.85. The Kier molecular flexibility index (Phi) is 6.45. The van der Waals surface area contributed by atoms with Crippen molar-refractivity contribution in [3.8, 4) is 5.75 Å². The molecule has 1 aromatic rings. The maximum Gasteiger partial charge on any atom is 0.260 e. The molecule has 0 spiro atoms. The van der Waals surface area contributed by atoms with Crippen LogP contribution in [0.5, 0.6) is 5.75 Å². The topological polar surface area (TPSA) is 50.4 Å². The molecule has 0 aliphatic rings. The molecule has 0 saturated carbocycles. The summed E-state index contributed by atoms with van der Waals surface area (Å²) in [7, 11) is 1.52. The number of ether oxygens (including phenoxy) is 1. The highest BCUT2D eigenvalue weighted by atomic mass is 19.1. The van der Waals surface area contributed by atoms with Gasteiger partial charge in [0.25, 0.3) is 5.91 Å². The highest BCUT2D eigenvalue weighted by Gasteiger charge is 2.15. The summed E-state index contributed by atoms with van der Waals surface area (Å²) in [6.07, 6.45) is -0.723. The Morgan fingerprint density at radius 2 is 2.05 bits per heavy atom. The number of likely N-dealkylation sites (N-methyl/N-ethyl adjacent to an activating group) is 1. The summed E-state index contributed by atoms with van der Waals surface area (Å²) < 4.78 is 19.2. The normalized spacial score (nSPS) is 12.3. The lowest BCUT2D eigenvalue weighted by Crippen LogP contribution is -2.33. The third kappa shape index (κ3) is 5.17. The van der Waals surface area contributed by atoms with Gasteiger partial charge in [0.2, 0.25) is 0 Å². The van der Waals surface area contributed by atoms with Crippen LogP contribution in [-0.4, -0.2) is 25.6 Å². The van der Waals surface area contributed by atoms with E-state index >= 15 is 0 Å². The Labute approximate surface area is 119 Å². The molecule has 1 aromatic carbocycles. The number of rotatable bonds is 7. The van der Waals surface area contributed by atoms with Crippen molar-refractivity contribution < 1.29 is 13.9 Å². The highest BCUT2D eigenvalue weighted by Crippen LogP contribution is 2.19. The molecule has 0 saturated heterocycles. The monoisotopic (exact) mass is 282 g/mol. The molecule has 0 heterocycles. The minimum Gasteiger partial charge on any atom is -0.478 e. The van der Waals surface area contributed by atoms with Gasteiger partial charge in [-0.2, -0.15) is 0 Å². The maximum atomic E-state index is 13.9. The van der Waals surface area contributed by atoms with Gasteiger partial charge in [-0.3, -0.25) is 4.79 Å². The van der Waals surface area contributed by atoms with Gasteiger partial charge >= 0.3 is 0 Å². The van der Waals surface area contributed by atoms with E-state index in [0.717, 1.165) is 12.1 Å². The third-order valence-electron chi connectivity index (χ3n) is 2.80. The van der Waals surface area contributed by atoms with Crippen molar-refractivity contribution in [2.45, 2.75) is 33.4 Å². The fourth-order valence-corrected chi connectivity index (χ4v) is 1.70. The first kappa shape index (κ1) is 16.4. The van der Waals surface area contributed by atoms with Crippen LogP contribution in [0.1, 0.15) is 26.3 Å². The molecule has 0 aliphatic heterocycles. The molecule has 1 unspecified atom stereocenters. The van der Waals surface area contributed by atoms with Gasteiger partial charge in [-0.1, -0.05) is 19.9 Å². The van der Waals surface area contributed by atoms with E-state index < -0.39 is 11.9 Å². The number of hydrogen-bond acceptors (Lipinski definition) is 3. The van der Waals surface area contributed by atoms with E-state index in [4.69, 9.17) is 4.74 Å². The molecule has 0 aliphatic carbocycles. The standard InChI is InChI=1S/C15H23FN2O2/c1-10(2)8-18-9-12-5-6-14(13(16)7-12)20-11(3)15(19)17-4/h5-7,10-11,18H,8-9H2,1-4H3,(H,17,19). The van der Waals surface area contributed by atoms with Crippen LogP contribution >= 0.6 is 0 Å². The molecule has 20 heavy (non-hydrogen) atoms. The Morgan fingerprint density at radius 1 is 1.35 bits per heavy atom. The lowest BCUT2D eigenvalue weighted by atomic mass is 10.2. The molecule has 1 amide bonds. The molecule has 5 heteroatoms. The van der Waals surface area contributed by atoms with Gasteiger partial charge < -0.3 is 15.4 Å². The first-order valence-electron chi connectivity index (χ1n) is 6.81. The number of halogens is 1. The predicted octanol–water partition coefficient (Wildman–Crippen LogP) is 2.08. The lowest BCUT2D eigenvalue weighted by molar-refractivity contribution is -0.126. The number of hydrogen-bond donors (Lipinski definition) is 2. The van der Waals surface area contributed by atoms with Crippen LogP contribution < -0.4 is 15.4 Å². The average Bonchev–Trinajstić information content (AvgIpc) is 2.40. The summed E-state index contributed by atoms with van der Waals surface area (Å²) in [6.45, 7) is 7.31. The van der Waals surface area contributed by atoms with E-state index in [1.165, 1.54) is 13.1 Å². The molecule has 112 valence electrons. The van der Waals surface area contributed by atoms with Crippen molar-refractivity contribution in [1.29, 1.82) is 0 Å². The minimum atomic E-state index is -0.723.